The van der Waals surface area contributed by atoms with Crippen LogP contribution in [0.4, 0.5) is 18.6 Å². The first kappa shape index (κ1) is 13.7. The summed E-state index contributed by atoms with van der Waals surface area (Å²) in [5.41, 5.74) is -1.46. The number of hydrogen-bond donors (Lipinski definition) is 0. The molecule has 0 aliphatic heterocycles. The van der Waals surface area contributed by atoms with Gasteiger partial charge in [0.2, 0.25) is 0 Å². The van der Waals surface area contributed by atoms with Crippen LogP contribution < -0.4 is 5.56 Å². The maximum Gasteiger partial charge on any atom is 0.497 e. The van der Waals surface area contributed by atoms with Gasteiger partial charge in [-0.3, -0.25) is 14.9 Å². The number of rotatable bonds is 3. The first-order valence-corrected chi connectivity index (χ1v) is 5.17. The number of aromatic nitrogens is 1. The van der Waals surface area contributed by atoms with Crippen LogP contribution in [-0.2, 0) is 6.44 Å². The van der Waals surface area contributed by atoms with Crippen LogP contribution >= 0.6 is 15.9 Å². The molecule has 0 aliphatic carbocycles. The van der Waals surface area contributed by atoms with Crippen molar-refractivity contribution in [3.05, 3.63) is 36.7 Å². The van der Waals surface area contributed by atoms with Crippen LogP contribution in [0, 0.1) is 17.0 Å². The highest BCUT2D eigenvalue weighted by molar-refractivity contribution is 9.10. The SMILES string of the molecule is Cc1c([N+](=O)[O-])cn(C[B-](F)(F)F)c(=O)c1Br. The highest BCUT2D eigenvalue weighted by atomic mass is 79.9. The normalized spacial score (nSPS) is 11.6. The van der Waals surface area contributed by atoms with Crippen molar-refractivity contribution in [2.45, 2.75) is 13.4 Å². The molecule has 1 aromatic rings. The van der Waals surface area contributed by atoms with Crippen molar-refractivity contribution in [2.24, 2.45) is 0 Å². The molecule has 0 fully saturated rings. The number of nitrogens with zero attached hydrogens (tertiary/aromatic N) is 2. The molecule has 1 aromatic heterocycles. The van der Waals surface area contributed by atoms with Gasteiger partial charge in [-0.05, 0) is 29.3 Å². The van der Waals surface area contributed by atoms with Crippen molar-refractivity contribution in [1.29, 1.82) is 0 Å². The topological polar surface area (TPSA) is 65.1 Å². The Morgan fingerprint density at radius 3 is 2.47 bits per heavy atom. The maximum atomic E-state index is 12.2. The third-order valence-corrected chi connectivity index (χ3v) is 2.97. The molecule has 0 amide bonds. The van der Waals surface area contributed by atoms with Gasteiger partial charge in [0.05, 0.1) is 15.6 Å². The second kappa shape index (κ2) is 4.51. The molecule has 0 spiro atoms. The molecule has 0 saturated heterocycles. The zero-order valence-electron chi connectivity index (χ0n) is 8.49. The van der Waals surface area contributed by atoms with E-state index < -0.39 is 29.6 Å². The van der Waals surface area contributed by atoms with Crippen LogP contribution in [0.1, 0.15) is 5.56 Å². The maximum absolute atomic E-state index is 12.2. The van der Waals surface area contributed by atoms with Crippen molar-refractivity contribution in [3.8, 4) is 0 Å². The Kier molecular flexibility index (Phi) is 3.65. The highest BCUT2D eigenvalue weighted by Crippen LogP contribution is 2.23. The zero-order chi connectivity index (χ0) is 13.4. The van der Waals surface area contributed by atoms with Gasteiger partial charge in [-0.25, -0.2) is 0 Å². The molecule has 17 heavy (non-hydrogen) atoms. The summed E-state index contributed by atoms with van der Waals surface area (Å²) in [6.45, 7) is -3.96. The fraction of sp³-hybridized carbons (Fsp3) is 0.286. The molecule has 0 N–H and O–H groups in total. The van der Waals surface area contributed by atoms with Gasteiger partial charge in [0.15, 0.2) is 0 Å². The summed E-state index contributed by atoms with van der Waals surface area (Å²) in [4.78, 5) is 21.2. The lowest BCUT2D eigenvalue weighted by Gasteiger charge is -2.16. The van der Waals surface area contributed by atoms with Gasteiger partial charge in [-0.2, -0.15) is 0 Å². The third-order valence-electron chi connectivity index (χ3n) is 2.04. The average molecular weight is 314 g/mol. The molecule has 0 bridgehead atoms. The van der Waals surface area contributed by atoms with Gasteiger partial charge >= 0.3 is 6.98 Å². The molecule has 1 heterocycles. The molecule has 0 aromatic carbocycles. The molecule has 0 atom stereocenters. The standard InChI is InChI=1S/C7H6BBrF3N2O3/c1-4-5(14(16)17)2-13(3-8(10,11)12)7(15)6(4)9/h2H,3H2,1H3/q-1. The van der Waals surface area contributed by atoms with Gasteiger partial charge in [0, 0.05) is 5.56 Å². The van der Waals surface area contributed by atoms with Gasteiger partial charge in [0.25, 0.3) is 11.2 Å². The van der Waals surface area contributed by atoms with E-state index in [-0.39, 0.29) is 14.6 Å². The molecule has 94 valence electrons. The Balaban J connectivity index is 3.43. The molecular weight excluding hydrogens is 308 g/mol. The van der Waals surface area contributed by atoms with Crippen LogP contribution in [0.5, 0.6) is 0 Å². The zero-order valence-corrected chi connectivity index (χ0v) is 10.1. The molecule has 0 radical (unpaired) electrons. The number of pyridine rings is 1. The molecule has 0 saturated carbocycles. The third kappa shape index (κ3) is 3.08. The minimum Gasteiger partial charge on any atom is -0.448 e. The lowest BCUT2D eigenvalue weighted by Crippen LogP contribution is -2.32. The Morgan fingerprint density at radius 2 is 2.06 bits per heavy atom. The molecule has 0 unspecified atom stereocenters. The van der Waals surface area contributed by atoms with Crippen molar-refractivity contribution < 1.29 is 17.9 Å². The summed E-state index contributed by atoms with van der Waals surface area (Å²) in [6, 6.07) is 0. The molecular formula is C7H6BBrF3N2O3-. The quantitative estimate of drug-likeness (QED) is 0.488. The van der Waals surface area contributed by atoms with Gasteiger partial charge in [0.1, 0.15) is 0 Å². The fourth-order valence-electron chi connectivity index (χ4n) is 1.24. The summed E-state index contributed by atoms with van der Waals surface area (Å²) in [7, 11) is 0. The molecule has 1 rings (SSSR count). The van der Waals surface area contributed by atoms with Crippen LogP contribution in [0.15, 0.2) is 15.5 Å². The van der Waals surface area contributed by atoms with E-state index in [1.165, 1.54) is 6.92 Å². The Morgan fingerprint density at radius 1 is 1.53 bits per heavy atom. The first-order chi connectivity index (χ1) is 7.63. The second-order valence-corrected chi connectivity index (χ2v) is 4.17. The van der Waals surface area contributed by atoms with Crippen LogP contribution in [-0.4, -0.2) is 16.5 Å². The predicted octanol–water partition coefficient (Wildman–Crippen LogP) is 2.21. The van der Waals surface area contributed by atoms with E-state index in [9.17, 15) is 27.9 Å². The smallest absolute Gasteiger partial charge is 0.448 e. The van der Waals surface area contributed by atoms with E-state index in [1.807, 2.05) is 0 Å². The Hall–Kier alpha value is -1.32. The summed E-state index contributed by atoms with van der Waals surface area (Å²) in [5.74, 6) is 0. The van der Waals surface area contributed by atoms with Crippen molar-refractivity contribution in [1.82, 2.24) is 4.57 Å². The lowest BCUT2D eigenvalue weighted by molar-refractivity contribution is -0.386. The van der Waals surface area contributed by atoms with Gasteiger partial charge in [-0.15, -0.1) is 0 Å². The van der Waals surface area contributed by atoms with E-state index in [2.05, 4.69) is 15.9 Å². The first-order valence-electron chi connectivity index (χ1n) is 4.38. The molecule has 10 heteroatoms. The summed E-state index contributed by atoms with van der Waals surface area (Å²) in [5, 5.41) is 10.6. The molecule has 0 aliphatic rings. The van der Waals surface area contributed by atoms with E-state index >= 15 is 0 Å². The minimum atomic E-state index is -5.24. The van der Waals surface area contributed by atoms with E-state index in [0.717, 1.165) is 0 Å². The van der Waals surface area contributed by atoms with Gasteiger partial charge in [-0.1, -0.05) is 0 Å². The van der Waals surface area contributed by atoms with E-state index in [4.69, 9.17) is 0 Å². The van der Waals surface area contributed by atoms with Crippen LogP contribution in [0.25, 0.3) is 0 Å². The second-order valence-electron chi connectivity index (χ2n) is 3.38. The Bertz CT molecular complexity index is 528. The van der Waals surface area contributed by atoms with Crippen LogP contribution in [0.3, 0.4) is 0 Å². The number of nitro groups is 1. The number of halogens is 4. The fourth-order valence-corrected chi connectivity index (χ4v) is 1.68. The predicted molar refractivity (Wildman–Crippen MR) is 58.9 cm³/mol. The monoisotopic (exact) mass is 313 g/mol. The van der Waals surface area contributed by atoms with Crippen LogP contribution in [0.2, 0.25) is 0 Å². The summed E-state index contributed by atoms with van der Waals surface area (Å²) < 4.78 is 36.7. The average Bonchev–Trinajstić information content (AvgIpc) is 2.16. The highest BCUT2D eigenvalue weighted by Gasteiger charge is 2.27. The largest absolute Gasteiger partial charge is 0.497 e. The van der Waals surface area contributed by atoms with Gasteiger partial charge < -0.3 is 17.5 Å². The summed E-state index contributed by atoms with van der Waals surface area (Å²) >= 11 is 2.76. The number of hydrogen-bond acceptors (Lipinski definition) is 3. The minimum absolute atomic E-state index is 0.00549. The van der Waals surface area contributed by atoms with E-state index in [1.54, 1.807) is 0 Å². The summed E-state index contributed by atoms with van der Waals surface area (Å²) in [6.07, 6.45) is -0.893. The molecule has 5 nitrogen and oxygen atoms in total. The van der Waals surface area contributed by atoms with Crippen molar-refractivity contribution >= 4 is 28.6 Å². The van der Waals surface area contributed by atoms with Crippen molar-refractivity contribution in [2.75, 3.05) is 0 Å². The van der Waals surface area contributed by atoms with E-state index in [0.29, 0.717) is 6.20 Å². The Labute approximate surface area is 102 Å². The lowest BCUT2D eigenvalue weighted by atomic mass is 9.92. The van der Waals surface area contributed by atoms with Crippen molar-refractivity contribution in [3.63, 3.8) is 0 Å².